The molecule has 0 spiro atoms. The summed E-state index contributed by atoms with van der Waals surface area (Å²) in [5.41, 5.74) is 0.842. The Kier molecular flexibility index (Phi) is 5.64. The smallest absolute Gasteiger partial charge is 0.341 e. The summed E-state index contributed by atoms with van der Waals surface area (Å²) in [6.07, 6.45) is 1.32. The van der Waals surface area contributed by atoms with E-state index in [1.807, 2.05) is 0 Å². The lowest BCUT2D eigenvalue weighted by molar-refractivity contribution is 0.0527. The van der Waals surface area contributed by atoms with Crippen LogP contribution in [0, 0.1) is 5.82 Å². The fourth-order valence-corrected chi connectivity index (χ4v) is 4.52. The number of hydrogen-bond donors (Lipinski definition) is 1. The highest BCUT2D eigenvalue weighted by atomic mass is 35.5. The average molecular weight is 429 g/mol. The minimum absolute atomic E-state index is 0.0456. The van der Waals surface area contributed by atoms with E-state index in [-0.39, 0.29) is 22.8 Å². The number of nitrogens with one attached hydrogen (secondary N) is 1. The van der Waals surface area contributed by atoms with E-state index >= 15 is 0 Å². The molecule has 0 amide bonds. The zero-order valence-electron chi connectivity index (χ0n) is 14.0. The molecular formula is C17H14ClFN2O4S2. The van der Waals surface area contributed by atoms with Crippen LogP contribution in [0.4, 0.5) is 10.1 Å². The number of hydrogen-bond acceptors (Lipinski definition) is 7. The van der Waals surface area contributed by atoms with Crippen LogP contribution >= 0.6 is 22.9 Å². The van der Waals surface area contributed by atoms with Crippen molar-refractivity contribution >= 4 is 55.3 Å². The number of benzene rings is 1. The third-order valence-electron chi connectivity index (χ3n) is 3.69. The molecule has 2 aromatic heterocycles. The lowest BCUT2D eigenvalue weighted by Crippen LogP contribution is -2.18. The lowest BCUT2D eigenvalue weighted by atomic mass is 10.1. The summed E-state index contributed by atoms with van der Waals surface area (Å²) in [5, 5.41) is 4.92. The number of anilines is 1. The fourth-order valence-electron chi connectivity index (χ4n) is 2.42. The summed E-state index contributed by atoms with van der Waals surface area (Å²) in [7, 11) is -3.78. The van der Waals surface area contributed by atoms with Gasteiger partial charge in [0.15, 0.2) is 9.84 Å². The number of fused-ring (bicyclic) bond motifs is 1. The van der Waals surface area contributed by atoms with Crippen molar-refractivity contribution in [1.29, 1.82) is 0 Å². The molecule has 3 aromatic rings. The largest absolute Gasteiger partial charge is 0.462 e. The molecule has 0 radical (unpaired) electrons. The van der Waals surface area contributed by atoms with Crippen molar-refractivity contribution in [2.75, 3.05) is 17.8 Å². The van der Waals surface area contributed by atoms with Crippen molar-refractivity contribution in [3.63, 3.8) is 0 Å². The maximum Gasteiger partial charge on any atom is 0.341 e. The minimum atomic E-state index is -3.78. The maximum absolute atomic E-state index is 13.0. The fraction of sp³-hybridized carbons (Fsp3) is 0.176. The molecule has 27 heavy (non-hydrogen) atoms. The molecular weight excluding hydrogens is 415 g/mol. The highest BCUT2D eigenvalue weighted by Crippen LogP contribution is 2.37. The van der Waals surface area contributed by atoms with E-state index in [4.69, 9.17) is 16.3 Å². The van der Waals surface area contributed by atoms with Gasteiger partial charge in [0.05, 0.1) is 28.1 Å². The van der Waals surface area contributed by atoms with Gasteiger partial charge in [0.2, 0.25) is 0 Å². The van der Waals surface area contributed by atoms with Gasteiger partial charge in [-0.15, -0.1) is 11.3 Å². The van der Waals surface area contributed by atoms with Crippen LogP contribution in [0.5, 0.6) is 0 Å². The number of nitrogens with zero attached hydrogens (tertiary/aromatic N) is 1. The standard InChI is InChI=1S/C17H14ClFN2O4S2/c1-2-25-17(22)12-7-20-13-8-26-16(18)14(13)15(12)21-9-27(23,24)11-5-3-10(19)4-6-11/h3-8,21H,2,9H2,1H3. The van der Waals surface area contributed by atoms with Gasteiger partial charge in [0.25, 0.3) is 0 Å². The first kappa shape index (κ1) is 19.5. The molecule has 10 heteroatoms. The number of ether oxygens (including phenoxy) is 1. The van der Waals surface area contributed by atoms with Crippen LogP contribution in [0.3, 0.4) is 0 Å². The highest BCUT2D eigenvalue weighted by molar-refractivity contribution is 7.91. The van der Waals surface area contributed by atoms with Crippen LogP contribution in [-0.4, -0.2) is 31.9 Å². The van der Waals surface area contributed by atoms with E-state index in [0.717, 1.165) is 12.1 Å². The van der Waals surface area contributed by atoms with Crippen molar-refractivity contribution in [2.45, 2.75) is 11.8 Å². The Morgan fingerprint density at radius 1 is 1.33 bits per heavy atom. The van der Waals surface area contributed by atoms with Gasteiger partial charge in [-0.1, -0.05) is 11.6 Å². The number of rotatable bonds is 6. The second kappa shape index (κ2) is 7.79. The third-order valence-corrected chi connectivity index (χ3v) is 6.41. The molecule has 0 unspecified atom stereocenters. The van der Waals surface area contributed by atoms with E-state index in [1.54, 1.807) is 12.3 Å². The van der Waals surface area contributed by atoms with Crippen molar-refractivity contribution in [1.82, 2.24) is 4.98 Å². The SMILES string of the molecule is CCOC(=O)c1cnc2csc(Cl)c2c1NCS(=O)(=O)c1ccc(F)cc1. The normalized spacial score (nSPS) is 11.5. The van der Waals surface area contributed by atoms with Crippen LogP contribution in [0.15, 0.2) is 40.7 Å². The monoisotopic (exact) mass is 428 g/mol. The highest BCUT2D eigenvalue weighted by Gasteiger charge is 2.22. The maximum atomic E-state index is 13.0. The first-order valence-electron chi connectivity index (χ1n) is 7.78. The number of thiophene rings is 1. The second-order valence-electron chi connectivity index (χ2n) is 5.43. The summed E-state index contributed by atoms with van der Waals surface area (Å²) in [6, 6.07) is 4.49. The van der Waals surface area contributed by atoms with Gasteiger partial charge in [0, 0.05) is 11.6 Å². The zero-order valence-corrected chi connectivity index (χ0v) is 16.4. The van der Waals surface area contributed by atoms with E-state index < -0.39 is 27.5 Å². The number of halogens is 2. The number of sulfone groups is 1. The first-order valence-corrected chi connectivity index (χ1v) is 10.7. The van der Waals surface area contributed by atoms with E-state index in [0.29, 0.717) is 15.2 Å². The summed E-state index contributed by atoms with van der Waals surface area (Å²) >= 11 is 7.43. The van der Waals surface area contributed by atoms with Crippen LogP contribution in [0.1, 0.15) is 17.3 Å². The Hall–Kier alpha value is -2.23. The molecule has 2 heterocycles. The Balaban J connectivity index is 2.00. The van der Waals surface area contributed by atoms with Crippen molar-refractivity contribution in [3.8, 4) is 0 Å². The van der Waals surface area contributed by atoms with Gasteiger partial charge < -0.3 is 10.1 Å². The van der Waals surface area contributed by atoms with Gasteiger partial charge >= 0.3 is 5.97 Å². The molecule has 0 saturated carbocycles. The predicted octanol–water partition coefficient (Wildman–Crippen LogP) is 4.11. The van der Waals surface area contributed by atoms with Crippen molar-refractivity contribution in [2.24, 2.45) is 0 Å². The Bertz CT molecular complexity index is 1100. The first-order chi connectivity index (χ1) is 12.8. The van der Waals surface area contributed by atoms with E-state index in [2.05, 4.69) is 10.3 Å². The van der Waals surface area contributed by atoms with Gasteiger partial charge in [-0.2, -0.15) is 0 Å². The predicted molar refractivity (Wildman–Crippen MR) is 103 cm³/mol. The number of pyridine rings is 1. The molecule has 0 fully saturated rings. The average Bonchev–Trinajstić information content (AvgIpc) is 3.01. The molecule has 1 aromatic carbocycles. The summed E-state index contributed by atoms with van der Waals surface area (Å²) in [5.74, 6) is -1.70. The van der Waals surface area contributed by atoms with Crippen molar-refractivity contribution < 1.29 is 22.3 Å². The molecule has 0 atom stereocenters. The van der Waals surface area contributed by atoms with Gasteiger partial charge in [-0.25, -0.2) is 17.6 Å². The lowest BCUT2D eigenvalue weighted by Gasteiger charge is -2.13. The molecule has 1 N–H and O–H groups in total. The van der Waals surface area contributed by atoms with Crippen LogP contribution in [0.2, 0.25) is 4.34 Å². The van der Waals surface area contributed by atoms with Crippen LogP contribution in [0.25, 0.3) is 10.9 Å². The van der Waals surface area contributed by atoms with E-state index in [1.165, 1.54) is 29.7 Å². The third kappa shape index (κ3) is 4.05. The summed E-state index contributed by atoms with van der Waals surface area (Å²) < 4.78 is 43.5. The minimum Gasteiger partial charge on any atom is -0.462 e. The molecule has 0 saturated heterocycles. The zero-order chi connectivity index (χ0) is 19.6. The number of esters is 1. The molecule has 3 rings (SSSR count). The van der Waals surface area contributed by atoms with Crippen LogP contribution < -0.4 is 5.32 Å². The number of carbonyl (C=O) groups is 1. The van der Waals surface area contributed by atoms with E-state index in [9.17, 15) is 17.6 Å². The van der Waals surface area contributed by atoms with Crippen LogP contribution in [-0.2, 0) is 14.6 Å². The Morgan fingerprint density at radius 3 is 2.70 bits per heavy atom. The Morgan fingerprint density at radius 2 is 2.04 bits per heavy atom. The molecule has 0 aliphatic rings. The quantitative estimate of drug-likeness (QED) is 0.469. The molecule has 0 aliphatic carbocycles. The number of carbonyl (C=O) groups excluding carboxylic acids is 1. The van der Waals surface area contributed by atoms with Gasteiger partial charge in [-0.05, 0) is 31.2 Å². The molecule has 6 nitrogen and oxygen atoms in total. The van der Waals surface area contributed by atoms with Crippen molar-refractivity contribution in [3.05, 3.63) is 51.6 Å². The summed E-state index contributed by atoms with van der Waals surface area (Å²) in [6.45, 7) is 1.81. The topological polar surface area (TPSA) is 85.4 Å². The second-order valence-corrected chi connectivity index (χ2v) is 8.90. The Labute approximate surface area is 163 Å². The molecule has 0 bridgehead atoms. The summed E-state index contributed by atoms with van der Waals surface area (Å²) in [4.78, 5) is 16.4. The van der Waals surface area contributed by atoms with Gasteiger partial charge in [-0.3, -0.25) is 4.98 Å². The van der Waals surface area contributed by atoms with Gasteiger partial charge in [0.1, 0.15) is 21.6 Å². The molecule has 0 aliphatic heterocycles. The number of aromatic nitrogens is 1. The molecule has 142 valence electrons.